The lowest BCUT2D eigenvalue weighted by Crippen LogP contribution is -2.31. The van der Waals surface area contributed by atoms with Gasteiger partial charge in [-0.2, -0.15) is 0 Å². The number of nitrogens with zero attached hydrogens (tertiary/aromatic N) is 2. The molecule has 0 aliphatic rings. The van der Waals surface area contributed by atoms with E-state index < -0.39 is 10.0 Å². The van der Waals surface area contributed by atoms with Crippen LogP contribution >= 0.6 is 0 Å². The number of rotatable bonds is 8. The Bertz CT molecular complexity index is 1350. The van der Waals surface area contributed by atoms with Gasteiger partial charge in [0.25, 0.3) is 10.0 Å². The Kier molecular flexibility index (Phi) is 6.37. The molecule has 33 heavy (non-hydrogen) atoms. The number of para-hydroxylation sites is 3. The van der Waals surface area contributed by atoms with E-state index in [1.54, 1.807) is 68.6 Å². The third-order valence-corrected chi connectivity index (χ3v) is 6.98. The number of ether oxygens (including phenoxy) is 2. The van der Waals surface area contributed by atoms with Crippen molar-refractivity contribution in [3.63, 3.8) is 0 Å². The first kappa shape index (κ1) is 22.4. The molecule has 0 aliphatic carbocycles. The zero-order valence-electron chi connectivity index (χ0n) is 18.6. The molecule has 4 rings (SSSR count). The van der Waals surface area contributed by atoms with E-state index in [1.807, 2.05) is 24.3 Å². The summed E-state index contributed by atoms with van der Waals surface area (Å²) in [4.78, 5) is 4.79. The Morgan fingerprint density at radius 1 is 0.848 bits per heavy atom. The number of benzene rings is 3. The lowest BCUT2D eigenvalue weighted by molar-refractivity contribution is 0.414. The van der Waals surface area contributed by atoms with Crippen LogP contribution in [-0.2, 0) is 16.6 Å². The van der Waals surface area contributed by atoms with Crippen LogP contribution in [-0.4, -0.2) is 27.6 Å². The highest BCUT2D eigenvalue weighted by atomic mass is 32.2. The van der Waals surface area contributed by atoms with E-state index in [0.29, 0.717) is 40.1 Å². The van der Waals surface area contributed by atoms with Crippen molar-refractivity contribution in [2.24, 2.45) is 0 Å². The summed E-state index contributed by atoms with van der Waals surface area (Å²) < 4.78 is 45.5. The molecule has 0 spiro atoms. The fourth-order valence-electron chi connectivity index (χ4n) is 3.50. The summed E-state index contributed by atoms with van der Waals surface area (Å²) in [6.07, 6.45) is 0. The van der Waals surface area contributed by atoms with Crippen LogP contribution in [0.25, 0.3) is 11.5 Å². The van der Waals surface area contributed by atoms with Crippen LogP contribution in [0.15, 0.2) is 88.2 Å². The van der Waals surface area contributed by atoms with Crippen molar-refractivity contribution < 1.29 is 22.3 Å². The van der Waals surface area contributed by atoms with Gasteiger partial charge in [-0.15, -0.1) is 0 Å². The summed E-state index contributed by atoms with van der Waals surface area (Å²) in [7, 11) is -0.841. The highest BCUT2D eigenvalue weighted by Gasteiger charge is 2.29. The second-order valence-electron chi connectivity index (χ2n) is 7.22. The van der Waals surface area contributed by atoms with Gasteiger partial charge < -0.3 is 13.9 Å². The second kappa shape index (κ2) is 9.38. The predicted octanol–water partition coefficient (Wildman–Crippen LogP) is 5.06. The molecule has 0 bridgehead atoms. The van der Waals surface area contributed by atoms with Gasteiger partial charge in [0.05, 0.1) is 36.9 Å². The molecule has 4 aromatic rings. The number of methoxy groups -OCH3 is 2. The van der Waals surface area contributed by atoms with Crippen molar-refractivity contribution in [1.82, 2.24) is 4.98 Å². The summed E-state index contributed by atoms with van der Waals surface area (Å²) in [5.41, 5.74) is 1.58. The van der Waals surface area contributed by atoms with E-state index in [2.05, 4.69) is 4.98 Å². The van der Waals surface area contributed by atoms with Crippen molar-refractivity contribution in [2.45, 2.75) is 18.4 Å². The standard InChI is InChI=1S/C25H24N2O5S/c1-18-21(26-25(32-18)20-13-7-9-15-23(20)30-2)17-27(22-14-8-10-16-24(22)31-3)33(28,29)19-11-5-4-6-12-19/h4-16H,17H2,1-3H3. The number of anilines is 1. The molecule has 0 aliphatic heterocycles. The van der Waals surface area contributed by atoms with Crippen LogP contribution in [0.3, 0.4) is 0 Å². The topological polar surface area (TPSA) is 81.9 Å². The lowest BCUT2D eigenvalue weighted by atomic mass is 10.2. The van der Waals surface area contributed by atoms with Crippen LogP contribution < -0.4 is 13.8 Å². The zero-order valence-corrected chi connectivity index (χ0v) is 19.4. The van der Waals surface area contributed by atoms with Gasteiger partial charge in [0.2, 0.25) is 5.89 Å². The van der Waals surface area contributed by atoms with Gasteiger partial charge in [-0.3, -0.25) is 4.31 Å². The van der Waals surface area contributed by atoms with Crippen molar-refractivity contribution >= 4 is 15.7 Å². The number of aromatic nitrogens is 1. The van der Waals surface area contributed by atoms with Crippen LogP contribution in [0.4, 0.5) is 5.69 Å². The highest BCUT2D eigenvalue weighted by molar-refractivity contribution is 7.92. The minimum Gasteiger partial charge on any atom is -0.496 e. The Balaban J connectivity index is 1.81. The summed E-state index contributed by atoms with van der Waals surface area (Å²) in [5.74, 6) is 1.92. The molecule has 0 N–H and O–H groups in total. The molecule has 1 heterocycles. The van der Waals surface area contributed by atoms with E-state index in [1.165, 1.54) is 11.4 Å². The van der Waals surface area contributed by atoms with Crippen molar-refractivity contribution in [3.05, 3.63) is 90.3 Å². The molecule has 0 saturated carbocycles. The number of aryl methyl sites for hydroxylation is 1. The van der Waals surface area contributed by atoms with Gasteiger partial charge in [0, 0.05) is 0 Å². The van der Waals surface area contributed by atoms with Gasteiger partial charge in [-0.25, -0.2) is 13.4 Å². The fraction of sp³-hybridized carbons (Fsp3) is 0.160. The third kappa shape index (κ3) is 4.42. The fourth-order valence-corrected chi connectivity index (χ4v) is 4.96. The van der Waals surface area contributed by atoms with Crippen molar-refractivity contribution in [1.29, 1.82) is 0 Å². The lowest BCUT2D eigenvalue weighted by Gasteiger charge is -2.25. The molecule has 170 valence electrons. The molecule has 7 nitrogen and oxygen atoms in total. The minimum absolute atomic E-state index is 0.0396. The Morgan fingerprint density at radius 2 is 1.45 bits per heavy atom. The maximum Gasteiger partial charge on any atom is 0.264 e. The molecule has 1 aromatic heterocycles. The molecule has 0 saturated heterocycles. The van der Waals surface area contributed by atoms with Crippen LogP contribution in [0.2, 0.25) is 0 Å². The van der Waals surface area contributed by atoms with Crippen molar-refractivity contribution in [2.75, 3.05) is 18.5 Å². The summed E-state index contributed by atoms with van der Waals surface area (Å²) in [6, 6.07) is 22.6. The zero-order chi connectivity index (χ0) is 23.4. The Morgan fingerprint density at radius 3 is 2.15 bits per heavy atom. The first-order valence-electron chi connectivity index (χ1n) is 10.3. The molecule has 0 fully saturated rings. The van der Waals surface area contributed by atoms with Crippen LogP contribution in [0.5, 0.6) is 11.5 Å². The highest BCUT2D eigenvalue weighted by Crippen LogP contribution is 2.35. The smallest absolute Gasteiger partial charge is 0.264 e. The van der Waals surface area contributed by atoms with E-state index >= 15 is 0 Å². The third-order valence-electron chi connectivity index (χ3n) is 5.21. The van der Waals surface area contributed by atoms with Gasteiger partial charge in [-0.05, 0) is 43.3 Å². The van der Waals surface area contributed by atoms with Gasteiger partial charge in [0.15, 0.2) is 0 Å². The van der Waals surface area contributed by atoms with Gasteiger partial charge in [0.1, 0.15) is 23.0 Å². The molecule has 0 atom stereocenters. The molecule has 8 heteroatoms. The van der Waals surface area contributed by atoms with Crippen molar-refractivity contribution in [3.8, 4) is 23.0 Å². The normalized spacial score (nSPS) is 11.2. The van der Waals surface area contributed by atoms with E-state index in [4.69, 9.17) is 13.9 Å². The average Bonchev–Trinajstić information content (AvgIpc) is 3.22. The second-order valence-corrected chi connectivity index (χ2v) is 9.08. The molecule has 0 unspecified atom stereocenters. The molecule has 0 radical (unpaired) electrons. The van der Waals surface area contributed by atoms with E-state index in [9.17, 15) is 8.42 Å². The maximum absolute atomic E-state index is 13.7. The quantitative estimate of drug-likeness (QED) is 0.362. The van der Waals surface area contributed by atoms with Gasteiger partial charge in [-0.1, -0.05) is 42.5 Å². The molecular weight excluding hydrogens is 440 g/mol. The summed E-state index contributed by atoms with van der Waals surface area (Å²) in [5, 5.41) is 0. The summed E-state index contributed by atoms with van der Waals surface area (Å²) >= 11 is 0. The van der Waals surface area contributed by atoms with E-state index in [0.717, 1.165) is 0 Å². The van der Waals surface area contributed by atoms with Crippen LogP contribution in [0.1, 0.15) is 11.5 Å². The molecular formula is C25H24N2O5S. The maximum atomic E-state index is 13.7. The van der Waals surface area contributed by atoms with Gasteiger partial charge >= 0.3 is 0 Å². The molecule has 3 aromatic carbocycles. The average molecular weight is 465 g/mol. The number of hydrogen-bond donors (Lipinski definition) is 0. The minimum atomic E-state index is -3.92. The van der Waals surface area contributed by atoms with Crippen LogP contribution in [0, 0.1) is 6.92 Å². The Labute approximate surface area is 193 Å². The predicted molar refractivity (Wildman–Crippen MR) is 126 cm³/mol. The first-order chi connectivity index (χ1) is 16.0. The SMILES string of the molecule is COc1ccccc1-c1nc(CN(c2ccccc2OC)S(=O)(=O)c2ccccc2)c(C)o1. The summed E-state index contributed by atoms with van der Waals surface area (Å²) in [6.45, 7) is 1.72. The largest absolute Gasteiger partial charge is 0.496 e. The molecule has 0 amide bonds. The number of sulfonamides is 1. The Hall–Kier alpha value is -3.78. The number of hydrogen-bond acceptors (Lipinski definition) is 6. The monoisotopic (exact) mass is 464 g/mol. The number of oxazole rings is 1. The van der Waals surface area contributed by atoms with E-state index in [-0.39, 0.29) is 11.4 Å². The first-order valence-corrected chi connectivity index (χ1v) is 11.7.